The molecule has 1 saturated heterocycles. The number of carbonyl (C=O) groups is 1. The number of anilines is 1. The number of aryl methyl sites for hydroxylation is 1. The Morgan fingerprint density at radius 2 is 2.00 bits per heavy atom. The van der Waals surface area contributed by atoms with Crippen molar-refractivity contribution in [3.8, 4) is 6.07 Å². The van der Waals surface area contributed by atoms with Crippen molar-refractivity contribution in [1.82, 2.24) is 9.88 Å². The molecule has 0 spiro atoms. The number of aromatic nitrogens is 1. The van der Waals surface area contributed by atoms with E-state index in [1.807, 2.05) is 35.2 Å². The van der Waals surface area contributed by atoms with E-state index in [1.54, 1.807) is 6.20 Å². The molecular formula is C21H22N4O. The molecule has 1 aromatic carbocycles. The molecule has 2 aromatic rings. The number of amides is 1. The lowest BCUT2D eigenvalue weighted by Gasteiger charge is -2.26. The molecule has 132 valence electrons. The number of nitrogens with zero attached hydrogens (tertiary/aromatic N) is 4. The van der Waals surface area contributed by atoms with E-state index >= 15 is 0 Å². The van der Waals surface area contributed by atoms with Crippen molar-refractivity contribution in [3.05, 3.63) is 59.4 Å². The Labute approximate surface area is 153 Å². The average molecular weight is 346 g/mol. The molecule has 2 aliphatic rings. The van der Waals surface area contributed by atoms with Gasteiger partial charge in [-0.1, -0.05) is 18.2 Å². The standard InChI is InChI=1S/C21H22N4O/c22-15-17-5-1-2-7-19(17)24-11-4-12-25(14-13-24)21(26)18-9-8-16-6-3-10-23-20(16)18/h1-3,5-7,10,18H,4,8-9,11-14H2. The van der Waals surface area contributed by atoms with Crippen LogP contribution in [0.3, 0.4) is 0 Å². The zero-order chi connectivity index (χ0) is 17.9. The monoisotopic (exact) mass is 346 g/mol. The van der Waals surface area contributed by atoms with Gasteiger partial charge < -0.3 is 9.80 Å². The number of rotatable bonds is 2. The smallest absolute Gasteiger partial charge is 0.231 e. The highest BCUT2D eigenvalue weighted by Gasteiger charge is 2.33. The van der Waals surface area contributed by atoms with E-state index in [1.165, 1.54) is 5.56 Å². The number of carbonyl (C=O) groups excluding carboxylic acids is 1. The first-order valence-corrected chi connectivity index (χ1v) is 9.24. The van der Waals surface area contributed by atoms with Gasteiger partial charge in [0.15, 0.2) is 0 Å². The summed E-state index contributed by atoms with van der Waals surface area (Å²) in [5.41, 5.74) is 3.84. The quantitative estimate of drug-likeness (QED) is 0.839. The summed E-state index contributed by atoms with van der Waals surface area (Å²) in [6.07, 6.45) is 4.50. The molecule has 1 aromatic heterocycles. The number of hydrogen-bond donors (Lipinski definition) is 0. The molecule has 1 aliphatic heterocycles. The van der Waals surface area contributed by atoms with Crippen molar-refractivity contribution in [2.45, 2.75) is 25.2 Å². The molecule has 1 unspecified atom stereocenters. The predicted octanol–water partition coefficient (Wildman–Crippen LogP) is 2.72. The number of hydrogen-bond acceptors (Lipinski definition) is 4. The highest BCUT2D eigenvalue weighted by Crippen LogP contribution is 2.33. The Kier molecular flexibility index (Phi) is 4.57. The Bertz CT molecular complexity index is 857. The molecule has 5 heteroatoms. The normalized spacial score (nSPS) is 19.6. The molecule has 1 amide bonds. The van der Waals surface area contributed by atoms with Crippen LogP contribution in [0.4, 0.5) is 5.69 Å². The van der Waals surface area contributed by atoms with Crippen LogP contribution >= 0.6 is 0 Å². The zero-order valence-corrected chi connectivity index (χ0v) is 14.8. The SMILES string of the molecule is N#Cc1ccccc1N1CCCN(C(=O)C2CCc3cccnc32)CC1. The van der Waals surface area contributed by atoms with Gasteiger partial charge in [-0.2, -0.15) is 5.26 Å². The molecule has 26 heavy (non-hydrogen) atoms. The van der Waals surface area contributed by atoms with Crippen LogP contribution in [0.5, 0.6) is 0 Å². The third kappa shape index (κ3) is 3.03. The van der Waals surface area contributed by atoms with Crippen LogP contribution in [0.25, 0.3) is 0 Å². The second-order valence-electron chi connectivity index (χ2n) is 6.93. The highest BCUT2D eigenvalue weighted by molar-refractivity contribution is 5.84. The zero-order valence-electron chi connectivity index (χ0n) is 14.8. The summed E-state index contributed by atoms with van der Waals surface area (Å²) in [6, 6.07) is 14.0. The summed E-state index contributed by atoms with van der Waals surface area (Å²) >= 11 is 0. The highest BCUT2D eigenvalue weighted by atomic mass is 16.2. The van der Waals surface area contributed by atoms with Gasteiger partial charge in [-0.05, 0) is 43.0 Å². The minimum atomic E-state index is -0.0934. The predicted molar refractivity (Wildman–Crippen MR) is 99.9 cm³/mol. The van der Waals surface area contributed by atoms with Gasteiger partial charge >= 0.3 is 0 Å². The first-order valence-electron chi connectivity index (χ1n) is 9.24. The van der Waals surface area contributed by atoms with Crippen LogP contribution in [0.15, 0.2) is 42.6 Å². The molecular weight excluding hydrogens is 324 g/mol. The number of fused-ring (bicyclic) bond motifs is 1. The Balaban J connectivity index is 1.48. The fraction of sp³-hybridized carbons (Fsp3) is 0.381. The lowest BCUT2D eigenvalue weighted by Crippen LogP contribution is -2.38. The van der Waals surface area contributed by atoms with Gasteiger partial charge in [0.25, 0.3) is 0 Å². The molecule has 2 heterocycles. The molecule has 0 N–H and O–H groups in total. The first kappa shape index (κ1) is 16.6. The lowest BCUT2D eigenvalue weighted by molar-refractivity contribution is -0.132. The van der Waals surface area contributed by atoms with Crippen molar-refractivity contribution < 1.29 is 4.79 Å². The minimum absolute atomic E-state index is 0.0934. The van der Waals surface area contributed by atoms with Gasteiger partial charge in [-0.15, -0.1) is 0 Å². The van der Waals surface area contributed by atoms with E-state index in [9.17, 15) is 10.1 Å². The maximum Gasteiger partial charge on any atom is 0.231 e. The third-order valence-corrected chi connectivity index (χ3v) is 5.43. The maximum atomic E-state index is 13.1. The van der Waals surface area contributed by atoms with Crippen LogP contribution in [-0.4, -0.2) is 42.0 Å². The summed E-state index contributed by atoms with van der Waals surface area (Å²) in [4.78, 5) is 21.8. The van der Waals surface area contributed by atoms with Gasteiger partial charge in [-0.25, -0.2) is 0 Å². The Hall–Kier alpha value is -2.87. The van der Waals surface area contributed by atoms with E-state index < -0.39 is 0 Å². The minimum Gasteiger partial charge on any atom is -0.369 e. The van der Waals surface area contributed by atoms with E-state index in [4.69, 9.17) is 0 Å². The van der Waals surface area contributed by atoms with Crippen LogP contribution in [0, 0.1) is 11.3 Å². The molecule has 4 rings (SSSR count). The number of benzene rings is 1. The second kappa shape index (κ2) is 7.17. The average Bonchev–Trinajstić information content (AvgIpc) is 2.97. The van der Waals surface area contributed by atoms with Crippen LogP contribution in [0.2, 0.25) is 0 Å². The van der Waals surface area contributed by atoms with Crippen molar-refractivity contribution >= 4 is 11.6 Å². The number of nitriles is 1. The van der Waals surface area contributed by atoms with Crippen molar-refractivity contribution in [3.63, 3.8) is 0 Å². The Morgan fingerprint density at radius 3 is 2.88 bits per heavy atom. The van der Waals surface area contributed by atoms with Crippen molar-refractivity contribution in [1.29, 1.82) is 5.26 Å². The molecule has 5 nitrogen and oxygen atoms in total. The summed E-state index contributed by atoms with van der Waals surface area (Å²) in [5.74, 6) is 0.113. The van der Waals surface area contributed by atoms with Crippen LogP contribution < -0.4 is 4.90 Å². The topological polar surface area (TPSA) is 60.2 Å². The maximum absolute atomic E-state index is 13.1. The summed E-state index contributed by atoms with van der Waals surface area (Å²) in [5, 5.41) is 9.35. The molecule has 0 saturated carbocycles. The van der Waals surface area contributed by atoms with Crippen LogP contribution in [-0.2, 0) is 11.2 Å². The largest absolute Gasteiger partial charge is 0.369 e. The van der Waals surface area contributed by atoms with Gasteiger partial charge in [0, 0.05) is 32.4 Å². The van der Waals surface area contributed by atoms with Gasteiger partial charge in [0.1, 0.15) is 6.07 Å². The van der Waals surface area contributed by atoms with Gasteiger partial charge in [0.05, 0.1) is 22.9 Å². The first-order chi connectivity index (χ1) is 12.8. The summed E-state index contributed by atoms with van der Waals surface area (Å²) in [6.45, 7) is 3.08. The second-order valence-corrected chi connectivity index (χ2v) is 6.93. The number of para-hydroxylation sites is 1. The van der Waals surface area contributed by atoms with E-state index in [-0.39, 0.29) is 11.8 Å². The molecule has 1 aliphatic carbocycles. The molecule has 1 atom stereocenters. The summed E-state index contributed by atoms with van der Waals surface area (Å²) < 4.78 is 0. The van der Waals surface area contributed by atoms with Crippen LogP contribution in [0.1, 0.15) is 35.6 Å². The summed E-state index contributed by atoms with van der Waals surface area (Å²) in [7, 11) is 0. The van der Waals surface area contributed by atoms with E-state index in [2.05, 4.69) is 22.0 Å². The Morgan fingerprint density at radius 1 is 1.12 bits per heavy atom. The molecule has 1 fully saturated rings. The molecule has 0 bridgehead atoms. The van der Waals surface area contributed by atoms with Crippen molar-refractivity contribution in [2.24, 2.45) is 0 Å². The van der Waals surface area contributed by atoms with E-state index in [0.717, 1.165) is 50.3 Å². The molecule has 0 radical (unpaired) electrons. The third-order valence-electron chi connectivity index (χ3n) is 5.43. The number of pyridine rings is 1. The fourth-order valence-electron chi connectivity index (χ4n) is 4.10. The fourth-order valence-corrected chi connectivity index (χ4v) is 4.10. The van der Waals surface area contributed by atoms with E-state index in [0.29, 0.717) is 12.1 Å². The van der Waals surface area contributed by atoms with Gasteiger partial charge in [-0.3, -0.25) is 9.78 Å². The lowest BCUT2D eigenvalue weighted by atomic mass is 10.0. The van der Waals surface area contributed by atoms with Gasteiger partial charge in [0.2, 0.25) is 5.91 Å². The van der Waals surface area contributed by atoms with Crippen molar-refractivity contribution in [2.75, 3.05) is 31.1 Å².